The Bertz CT molecular complexity index is 375. The molecule has 0 radical (unpaired) electrons. The number of aromatic nitrogens is 1. The molecule has 86 valence electrons. The molecule has 1 fully saturated rings. The molecular weight excluding hydrogens is 206 g/mol. The Labute approximate surface area is 94.2 Å². The van der Waals surface area contributed by atoms with Crippen LogP contribution in [0.2, 0.25) is 0 Å². The van der Waals surface area contributed by atoms with Gasteiger partial charge in [-0.05, 0) is 25.5 Å². The highest BCUT2D eigenvalue weighted by atomic mass is 16.5. The van der Waals surface area contributed by atoms with Crippen molar-refractivity contribution in [2.45, 2.75) is 19.4 Å². The van der Waals surface area contributed by atoms with E-state index in [0.717, 1.165) is 24.4 Å². The number of amides is 2. The largest absolute Gasteiger partial charge is 0.379 e. The summed E-state index contributed by atoms with van der Waals surface area (Å²) < 4.78 is 5.18. The number of aryl methyl sites for hydroxylation is 1. The van der Waals surface area contributed by atoms with Gasteiger partial charge in [-0.2, -0.15) is 0 Å². The molecule has 2 heterocycles. The van der Waals surface area contributed by atoms with Crippen molar-refractivity contribution >= 4 is 11.7 Å². The second kappa shape index (κ2) is 4.94. The summed E-state index contributed by atoms with van der Waals surface area (Å²) >= 11 is 0. The first kappa shape index (κ1) is 10.9. The van der Waals surface area contributed by atoms with E-state index >= 15 is 0 Å². The lowest BCUT2D eigenvalue weighted by Crippen LogP contribution is -2.38. The van der Waals surface area contributed by atoms with Crippen molar-refractivity contribution in [3.8, 4) is 0 Å². The van der Waals surface area contributed by atoms with Gasteiger partial charge < -0.3 is 15.4 Å². The van der Waals surface area contributed by atoms with Gasteiger partial charge in [-0.15, -0.1) is 0 Å². The highest BCUT2D eigenvalue weighted by Gasteiger charge is 2.17. The Kier molecular flexibility index (Phi) is 3.36. The predicted molar refractivity (Wildman–Crippen MR) is 60.4 cm³/mol. The number of hydrogen-bond donors (Lipinski definition) is 2. The van der Waals surface area contributed by atoms with E-state index in [9.17, 15) is 4.79 Å². The van der Waals surface area contributed by atoms with Crippen molar-refractivity contribution in [2.75, 3.05) is 18.5 Å². The molecule has 0 spiro atoms. The molecule has 1 aromatic rings. The Morgan fingerprint density at radius 3 is 3.19 bits per heavy atom. The molecule has 5 heteroatoms. The number of urea groups is 1. The number of pyridine rings is 1. The first-order valence-corrected chi connectivity index (χ1v) is 5.32. The van der Waals surface area contributed by atoms with Crippen LogP contribution in [0.4, 0.5) is 10.5 Å². The number of hydrogen-bond acceptors (Lipinski definition) is 3. The Hall–Kier alpha value is -1.62. The van der Waals surface area contributed by atoms with Gasteiger partial charge in [-0.25, -0.2) is 4.79 Å². The number of nitrogens with one attached hydrogen (secondary N) is 2. The van der Waals surface area contributed by atoms with Gasteiger partial charge in [-0.3, -0.25) is 4.98 Å². The van der Waals surface area contributed by atoms with Gasteiger partial charge >= 0.3 is 6.03 Å². The molecular formula is C11H15N3O2. The molecule has 0 aliphatic carbocycles. The van der Waals surface area contributed by atoms with E-state index in [2.05, 4.69) is 15.6 Å². The third kappa shape index (κ3) is 2.70. The third-order valence-electron chi connectivity index (χ3n) is 2.52. The summed E-state index contributed by atoms with van der Waals surface area (Å²) in [6.45, 7) is 3.17. The second-order valence-corrected chi connectivity index (χ2v) is 3.80. The Balaban J connectivity index is 1.89. The Morgan fingerprint density at radius 2 is 2.50 bits per heavy atom. The minimum absolute atomic E-state index is 0.122. The molecule has 2 rings (SSSR count). The molecule has 0 bridgehead atoms. The van der Waals surface area contributed by atoms with Gasteiger partial charge in [0.15, 0.2) is 0 Å². The molecule has 16 heavy (non-hydrogen) atoms. The third-order valence-corrected chi connectivity index (χ3v) is 2.52. The lowest BCUT2D eigenvalue weighted by molar-refractivity contribution is 0.189. The lowest BCUT2D eigenvalue weighted by Gasteiger charge is -2.12. The van der Waals surface area contributed by atoms with Gasteiger partial charge in [-0.1, -0.05) is 0 Å². The molecule has 1 aliphatic heterocycles. The fourth-order valence-electron chi connectivity index (χ4n) is 1.61. The van der Waals surface area contributed by atoms with Crippen LogP contribution in [0.3, 0.4) is 0 Å². The summed E-state index contributed by atoms with van der Waals surface area (Å²) in [5.74, 6) is 0. The maximum atomic E-state index is 11.6. The van der Waals surface area contributed by atoms with Crippen molar-refractivity contribution in [1.29, 1.82) is 0 Å². The van der Waals surface area contributed by atoms with E-state index < -0.39 is 0 Å². The maximum absolute atomic E-state index is 11.6. The van der Waals surface area contributed by atoms with Gasteiger partial charge in [0, 0.05) is 12.8 Å². The summed E-state index contributed by atoms with van der Waals surface area (Å²) in [6, 6.07) is 3.54. The summed E-state index contributed by atoms with van der Waals surface area (Å²) in [6.07, 6.45) is 2.57. The lowest BCUT2D eigenvalue weighted by atomic mass is 10.3. The number of rotatable bonds is 2. The first-order chi connectivity index (χ1) is 7.75. The summed E-state index contributed by atoms with van der Waals surface area (Å²) in [5, 5.41) is 5.62. The zero-order chi connectivity index (χ0) is 11.4. The summed E-state index contributed by atoms with van der Waals surface area (Å²) in [5.41, 5.74) is 1.54. The summed E-state index contributed by atoms with van der Waals surface area (Å²) in [7, 11) is 0. The molecule has 1 aromatic heterocycles. The normalized spacial score (nSPS) is 19.4. The van der Waals surface area contributed by atoms with E-state index in [1.54, 1.807) is 12.3 Å². The van der Waals surface area contributed by atoms with Gasteiger partial charge in [0.05, 0.1) is 24.0 Å². The molecule has 1 aliphatic rings. The van der Waals surface area contributed by atoms with E-state index in [1.165, 1.54) is 0 Å². The van der Waals surface area contributed by atoms with Crippen LogP contribution in [0.5, 0.6) is 0 Å². The van der Waals surface area contributed by atoms with E-state index in [0.29, 0.717) is 6.61 Å². The Morgan fingerprint density at radius 1 is 1.62 bits per heavy atom. The number of ether oxygens (including phenoxy) is 1. The minimum Gasteiger partial charge on any atom is -0.379 e. The molecule has 1 saturated heterocycles. The van der Waals surface area contributed by atoms with E-state index in [4.69, 9.17) is 4.74 Å². The van der Waals surface area contributed by atoms with Crippen molar-refractivity contribution < 1.29 is 9.53 Å². The average Bonchev–Trinajstić information content (AvgIpc) is 2.74. The number of anilines is 1. The van der Waals surface area contributed by atoms with Crippen LogP contribution in [0.1, 0.15) is 12.1 Å². The SMILES string of the molecule is Cc1ncccc1NC(=O)NC1CCOC1. The van der Waals surface area contributed by atoms with Crippen molar-refractivity contribution in [1.82, 2.24) is 10.3 Å². The minimum atomic E-state index is -0.202. The maximum Gasteiger partial charge on any atom is 0.319 e. The van der Waals surface area contributed by atoms with Crippen LogP contribution in [0, 0.1) is 6.92 Å². The fourth-order valence-corrected chi connectivity index (χ4v) is 1.61. The van der Waals surface area contributed by atoms with Crippen LogP contribution in [-0.4, -0.2) is 30.3 Å². The first-order valence-electron chi connectivity index (χ1n) is 5.32. The predicted octanol–water partition coefficient (Wildman–Crippen LogP) is 1.30. The average molecular weight is 221 g/mol. The standard InChI is InChI=1S/C11H15N3O2/c1-8-10(3-2-5-12-8)14-11(15)13-9-4-6-16-7-9/h2-3,5,9H,4,6-7H2,1H3,(H2,13,14,15). The smallest absolute Gasteiger partial charge is 0.319 e. The van der Waals surface area contributed by atoms with Crippen molar-refractivity contribution in [2.24, 2.45) is 0 Å². The van der Waals surface area contributed by atoms with E-state index in [-0.39, 0.29) is 12.1 Å². The van der Waals surface area contributed by atoms with Gasteiger partial charge in [0.1, 0.15) is 0 Å². The van der Waals surface area contributed by atoms with Crippen LogP contribution in [0.25, 0.3) is 0 Å². The molecule has 1 unspecified atom stereocenters. The molecule has 0 aromatic carbocycles. The van der Waals surface area contributed by atoms with Crippen molar-refractivity contribution in [3.63, 3.8) is 0 Å². The monoisotopic (exact) mass is 221 g/mol. The van der Waals surface area contributed by atoms with Crippen LogP contribution in [0.15, 0.2) is 18.3 Å². The zero-order valence-electron chi connectivity index (χ0n) is 9.19. The highest BCUT2D eigenvalue weighted by Crippen LogP contribution is 2.10. The van der Waals surface area contributed by atoms with Crippen LogP contribution >= 0.6 is 0 Å². The van der Waals surface area contributed by atoms with Gasteiger partial charge in [0.2, 0.25) is 0 Å². The quantitative estimate of drug-likeness (QED) is 0.791. The molecule has 2 amide bonds. The molecule has 5 nitrogen and oxygen atoms in total. The topological polar surface area (TPSA) is 63.2 Å². The van der Waals surface area contributed by atoms with Crippen LogP contribution < -0.4 is 10.6 Å². The number of carbonyl (C=O) groups is 1. The highest BCUT2D eigenvalue weighted by molar-refractivity contribution is 5.89. The second-order valence-electron chi connectivity index (χ2n) is 3.80. The van der Waals surface area contributed by atoms with Crippen LogP contribution in [-0.2, 0) is 4.74 Å². The number of nitrogens with zero attached hydrogens (tertiary/aromatic N) is 1. The fraction of sp³-hybridized carbons (Fsp3) is 0.455. The molecule has 1 atom stereocenters. The van der Waals surface area contributed by atoms with E-state index in [1.807, 2.05) is 13.0 Å². The molecule has 2 N–H and O–H groups in total. The zero-order valence-corrected chi connectivity index (χ0v) is 9.19. The summed E-state index contributed by atoms with van der Waals surface area (Å²) in [4.78, 5) is 15.7. The molecule has 0 saturated carbocycles. The van der Waals surface area contributed by atoms with Crippen molar-refractivity contribution in [3.05, 3.63) is 24.0 Å². The van der Waals surface area contributed by atoms with Gasteiger partial charge in [0.25, 0.3) is 0 Å². The number of carbonyl (C=O) groups excluding carboxylic acids is 1.